The predicted octanol–water partition coefficient (Wildman–Crippen LogP) is 2.19. The summed E-state index contributed by atoms with van der Waals surface area (Å²) < 4.78 is 19.0. The predicted molar refractivity (Wildman–Crippen MR) is 74.9 cm³/mol. The summed E-state index contributed by atoms with van der Waals surface area (Å²) in [6, 6.07) is 4.77. The van der Waals surface area contributed by atoms with Crippen molar-refractivity contribution in [3.8, 4) is 5.75 Å². The highest BCUT2D eigenvalue weighted by molar-refractivity contribution is 5.37. The first kappa shape index (κ1) is 14.3. The second kappa shape index (κ2) is 6.87. The van der Waals surface area contributed by atoms with Crippen molar-refractivity contribution in [2.24, 2.45) is 5.73 Å². The molecular weight excluding hydrogens is 243 g/mol. The molecule has 0 saturated heterocycles. The average molecular weight is 266 g/mol. The van der Waals surface area contributed by atoms with Gasteiger partial charge in [0, 0.05) is 18.5 Å². The van der Waals surface area contributed by atoms with Crippen LogP contribution in [0.3, 0.4) is 0 Å². The van der Waals surface area contributed by atoms with E-state index >= 15 is 0 Å². The van der Waals surface area contributed by atoms with Crippen molar-refractivity contribution < 1.29 is 9.13 Å². The van der Waals surface area contributed by atoms with Gasteiger partial charge in [-0.2, -0.15) is 0 Å². The molecule has 0 spiro atoms. The third kappa shape index (κ3) is 3.91. The fourth-order valence-corrected chi connectivity index (χ4v) is 2.60. The third-order valence-corrected chi connectivity index (χ3v) is 3.44. The van der Waals surface area contributed by atoms with Crippen molar-refractivity contribution in [1.29, 1.82) is 0 Å². The van der Waals surface area contributed by atoms with E-state index in [9.17, 15) is 4.39 Å². The summed E-state index contributed by atoms with van der Waals surface area (Å²) in [6.07, 6.45) is 3.07. The van der Waals surface area contributed by atoms with Gasteiger partial charge in [0.15, 0.2) is 0 Å². The van der Waals surface area contributed by atoms with Gasteiger partial charge in [0.2, 0.25) is 0 Å². The number of fused-ring (bicyclic) bond motifs is 1. The molecule has 0 aliphatic carbocycles. The van der Waals surface area contributed by atoms with Crippen molar-refractivity contribution in [1.82, 2.24) is 4.90 Å². The van der Waals surface area contributed by atoms with E-state index in [1.807, 2.05) is 0 Å². The lowest BCUT2D eigenvalue weighted by Gasteiger charge is -2.24. The second-order valence-electron chi connectivity index (χ2n) is 5.14. The van der Waals surface area contributed by atoms with Gasteiger partial charge in [-0.25, -0.2) is 4.39 Å². The molecule has 1 aromatic rings. The van der Waals surface area contributed by atoms with E-state index in [-0.39, 0.29) is 11.9 Å². The Morgan fingerprint density at radius 2 is 2.26 bits per heavy atom. The van der Waals surface area contributed by atoms with E-state index in [0.29, 0.717) is 0 Å². The number of nitrogens with two attached hydrogens (primary N) is 1. The summed E-state index contributed by atoms with van der Waals surface area (Å²) in [5.41, 5.74) is 6.55. The highest BCUT2D eigenvalue weighted by atomic mass is 19.1. The first-order chi connectivity index (χ1) is 9.22. The van der Waals surface area contributed by atoms with Crippen molar-refractivity contribution in [2.75, 3.05) is 26.2 Å². The number of halogens is 1. The topological polar surface area (TPSA) is 38.5 Å². The van der Waals surface area contributed by atoms with E-state index in [0.717, 1.165) is 56.8 Å². The Hall–Kier alpha value is -1.13. The van der Waals surface area contributed by atoms with Crippen LogP contribution in [-0.4, -0.2) is 37.2 Å². The number of nitrogens with zero attached hydrogens (tertiary/aromatic N) is 1. The molecule has 19 heavy (non-hydrogen) atoms. The minimum Gasteiger partial charge on any atom is -0.488 e. The lowest BCUT2D eigenvalue weighted by molar-refractivity contribution is 0.149. The normalized spacial score (nSPS) is 17.6. The van der Waals surface area contributed by atoms with Crippen LogP contribution in [0.25, 0.3) is 0 Å². The van der Waals surface area contributed by atoms with Gasteiger partial charge in [-0.15, -0.1) is 0 Å². The largest absolute Gasteiger partial charge is 0.488 e. The number of benzene rings is 1. The highest BCUT2D eigenvalue weighted by Crippen LogP contribution is 2.29. The standard InChI is InChI=1S/C15H23FN2O/c1-2-7-18(8-3-6-17)11-14-10-12-9-13(16)4-5-15(12)19-14/h4-5,9,14H,2-3,6-8,10-11,17H2,1H3. The van der Waals surface area contributed by atoms with Crippen LogP contribution < -0.4 is 10.5 Å². The number of hydrogen-bond acceptors (Lipinski definition) is 3. The molecule has 4 heteroatoms. The van der Waals surface area contributed by atoms with Crippen LogP contribution >= 0.6 is 0 Å². The van der Waals surface area contributed by atoms with Crippen molar-refractivity contribution >= 4 is 0 Å². The van der Waals surface area contributed by atoms with Crippen LogP contribution in [0.5, 0.6) is 5.75 Å². The first-order valence-corrected chi connectivity index (χ1v) is 7.10. The summed E-state index contributed by atoms with van der Waals surface area (Å²) in [4.78, 5) is 2.39. The van der Waals surface area contributed by atoms with Crippen molar-refractivity contribution in [3.63, 3.8) is 0 Å². The maximum absolute atomic E-state index is 13.2. The smallest absolute Gasteiger partial charge is 0.123 e. The van der Waals surface area contributed by atoms with E-state index < -0.39 is 0 Å². The second-order valence-corrected chi connectivity index (χ2v) is 5.14. The molecule has 1 aliphatic heterocycles. The maximum atomic E-state index is 13.2. The minimum atomic E-state index is -0.184. The molecule has 0 saturated carbocycles. The van der Waals surface area contributed by atoms with Gasteiger partial charge in [-0.05, 0) is 50.7 Å². The Bertz CT molecular complexity index is 411. The summed E-state index contributed by atoms with van der Waals surface area (Å²) in [5, 5.41) is 0. The summed E-state index contributed by atoms with van der Waals surface area (Å²) in [5.74, 6) is 0.651. The van der Waals surface area contributed by atoms with Crippen LogP contribution in [0.1, 0.15) is 25.3 Å². The SMILES string of the molecule is CCCN(CCCN)CC1Cc2cc(F)ccc2O1. The average Bonchev–Trinajstić information content (AvgIpc) is 2.77. The van der Waals surface area contributed by atoms with Gasteiger partial charge < -0.3 is 10.5 Å². The molecule has 1 aromatic carbocycles. The van der Waals surface area contributed by atoms with Crippen LogP contribution in [-0.2, 0) is 6.42 Å². The molecule has 1 atom stereocenters. The first-order valence-electron chi connectivity index (χ1n) is 7.10. The third-order valence-electron chi connectivity index (χ3n) is 3.44. The molecule has 0 fully saturated rings. The van der Waals surface area contributed by atoms with E-state index in [1.165, 1.54) is 6.07 Å². The maximum Gasteiger partial charge on any atom is 0.123 e. The van der Waals surface area contributed by atoms with Gasteiger partial charge in [0.05, 0.1) is 0 Å². The van der Waals surface area contributed by atoms with Gasteiger partial charge >= 0.3 is 0 Å². The highest BCUT2D eigenvalue weighted by Gasteiger charge is 2.24. The molecule has 0 aromatic heterocycles. The fraction of sp³-hybridized carbons (Fsp3) is 0.600. The van der Waals surface area contributed by atoms with Gasteiger partial charge in [0.25, 0.3) is 0 Å². The molecule has 1 unspecified atom stereocenters. The van der Waals surface area contributed by atoms with Crippen LogP contribution in [0.2, 0.25) is 0 Å². The van der Waals surface area contributed by atoms with Gasteiger partial charge in [-0.1, -0.05) is 6.92 Å². The molecule has 106 valence electrons. The van der Waals surface area contributed by atoms with Crippen molar-refractivity contribution in [3.05, 3.63) is 29.6 Å². The molecule has 1 aliphatic rings. The molecule has 1 heterocycles. The van der Waals surface area contributed by atoms with Crippen LogP contribution in [0.15, 0.2) is 18.2 Å². The summed E-state index contributed by atoms with van der Waals surface area (Å²) in [7, 11) is 0. The lowest BCUT2D eigenvalue weighted by atomic mass is 10.1. The zero-order valence-electron chi connectivity index (χ0n) is 11.6. The minimum absolute atomic E-state index is 0.140. The Balaban J connectivity index is 1.90. The Morgan fingerprint density at radius 1 is 1.42 bits per heavy atom. The Kier molecular flexibility index (Phi) is 5.16. The number of rotatable bonds is 7. The Labute approximate surface area is 114 Å². The Morgan fingerprint density at radius 3 is 3.00 bits per heavy atom. The van der Waals surface area contributed by atoms with Crippen LogP contribution in [0, 0.1) is 5.82 Å². The quantitative estimate of drug-likeness (QED) is 0.822. The summed E-state index contributed by atoms with van der Waals surface area (Å²) >= 11 is 0. The van der Waals surface area contributed by atoms with E-state index in [2.05, 4.69) is 11.8 Å². The molecule has 0 amide bonds. The molecule has 3 nitrogen and oxygen atoms in total. The summed E-state index contributed by atoms with van der Waals surface area (Å²) in [6.45, 7) is 5.86. The van der Waals surface area contributed by atoms with Gasteiger partial charge in [0.1, 0.15) is 17.7 Å². The number of ether oxygens (including phenoxy) is 1. The zero-order valence-corrected chi connectivity index (χ0v) is 11.6. The van der Waals surface area contributed by atoms with E-state index in [1.54, 1.807) is 12.1 Å². The van der Waals surface area contributed by atoms with Crippen molar-refractivity contribution in [2.45, 2.75) is 32.3 Å². The lowest BCUT2D eigenvalue weighted by Crippen LogP contribution is -2.36. The van der Waals surface area contributed by atoms with Crippen LogP contribution in [0.4, 0.5) is 4.39 Å². The zero-order chi connectivity index (χ0) is 13.7. The molecule has 2 rings (SSSR count). The molecular formula is C15H23FN2O. The monoisotopic (exact) mass is 266 g/mol. The van der Waals surface area contributed by atoms with Gasteiger partial charge in [-0.3, -0.25) is 4.90 Å². The number of hydrogen-bond donors (Lipinski definition) is 1. The molecule has 0 bridgehead atoms. The molecule has 2 N–H and O–H groups in total. The van der Waals surface area contributed by atoms with E-state index in [4.69, 9.17) is 10.5 Å². The fourth-order valence-electron chi connectivity index (χ4n) is 2.60. The molecule has 0 radical (unpaired) electrons.